The summed E-state index contributed by atoms with van der Waals surface area (Å²) in [7, 11) is 0. The van der Waals surface area contributed by atoms with Gasteiger partial charge in [0.2, 0.25) is 5.91 Å². The van der Waals surface area contributed by atoms with Gasteiger partial charge in [-0.3, -0.25) is 4.79 Å². The molecule has 0 aromatic heterocycles. The fourth-order valence-electron chi connectivity index (χ4n) is 1.10. The normalized spacial score (nSPS) is 10.0. The molecule has 0 saturated heterocycles. The lowest BCUT2D eigenvalue weighted by molar-refractivity contribution is -0.121. The molecule has 0 aliphatic carbocycles. The van der Waals surface area contributed by atoms with E-state index >= 15 is 0 Å². The molecule has 0 unspecified atom stereocenters. The van der Waals surface area contributed by atoms with Crippen molar-refractivity contribution in [1.29, 1.82) is 0 Å². The van der Waals surface area contributed by atoms with Crippen LogP contribution in [0, 0.1) is 0 Å². The Kier molecular flexibility index (Phi) is 9.66. The van der Waals surface area contributed by atoms with Gasteiger partial charge < -0.3 is 5.32 Å². The minimum absolute atomic E-state index is 0.136. The van der Waals surface area contributed by atoms with Gasteiger partial charge in [0.25, 0.3) is 0 Å². The number of carbonyl (C=O) groups is 1. The summed E-state index contributed by atoms with van der Waals surface area (Å²) in [5.41, 5.74) is 0. The van der Waals surface area contributed by atoms with Gasteiger partial charge >= 0.3 is 0 Å². The van der Waals surface area contributed by atoms with Gasteiger partial charge in [-0.05, 0) is 12.8 Å². The van der Waals surface area contributed by atoms with Crippen molar-refractivity contribution in [2.45, 2.75) is 45.4 Å². The third-order valence-corrected chi connectivity index (χ3v) is 2.16. The summed E-state index contributed by atoms with van der Waals surface area (Å²) in [6.07, 6.45) is 6.16. The van der Waals surface area contributed by atoms with Gasteiger partial charge in [0, 0.05) is 18.8 Å². The van der Waals surface area contributed by atoms with Crippen LogP contribution in [0.25, 0.3) is 0 Å². The molecule has 0 saturated carbocycles. The standard InChI is InChI=1S/C10H20ClNO/c1-2-3-4-5-9-12-10(13)7-6-8-11/h2-9H2,1H3,(H,12,13). The molecule has 1 N–H and O–H groups in total. The van der Waals surface area contributed by atoms with Crippen LogP contribution in [0.15, 0.2) is 0 Å². The Labute approximate surface area is 86.0 Å². The van der Waals surface area contributed by atoms with Crippen molar-refractivity contribution in [2.24, 2.45) is 0 Å². The Morgan fingerprint density at radius 1 is 1.23 bits per heavy atom. The van der Waals surface area contributed by atoms with Crippen LogP contribution in [0.2, 0.25) is 0 Å². The Balaban J connectivity index is 3.08. The van der Waals surface area contributed by atoms with Gasteiger partial charge in [-0.15, -0.1) is 11.6 Å². The number of alkyl halides is 1. The number of halogens is 1. The SMILES string of the molecule is CCCCCCNC(=O)CCCCl. The molecule has 0 rings (SSSR count). The first kappa shape index (κ1) is 12.8. The first-order valence-corrected chi connectivity index (χ1v) is 5.67. The number of amides is 1. The average molecular weight is 206 g/mol. The Morgan fingerprint density at radius 3 is 2.62 bits per heavy atom. The minimum Gasteiger partial charge on any atom is -0.356 e. The van der Waals surface area contributed by atoms with Crippen molar-refractivity contribution in [3.05, 3.63) is 0 Å². The summed E-state index contributed by atoms with van der Waals surface area (Å²) in [5.74, 6) is 0.709. The zero-order chi connectivity index (χ0) is 9.94. The molecule has 0 aliphatic heterocycles. The summed E-state index contributed by atoms with van der Waals surface area (Å²) in [6.45, 7) is 3.00. The number of nitrogens with one attached hydrogen (secondary N) is 1. The average Bonchev–Trinajstić information content (AvgIpc) is 2.14. The first-order valence-electron chi connectivity index (χ1n) is 5.14. The molecule has 0 atom stereocenters. The lowest BCUT2D eigenvalue weighted by Gasteiger charge is -2.03. The van der Waals surface area contributed by atoms with E-state index in [1.807, 2.05) is 0 Å². The molecule has 0 heterocycles. The summed E-state index contributed by atoms with van der Waals surface area (Å²) >= 11 is 5.47. The van der Waals surface area contributed by atoms with Crippen LogP contribution in [0.3, 0.4) is 0 Å². The summed E-state index contributed by atoms with van der Waals surface area (Å²) in [6, 6.07) is 0. The van der Waals surface area contributed by atoms with Gasteiger partial charge in [0.05, 0.1) is 0 Å². The second kappa shape index (κ2) is 9.85. The van der Waals surface area contributed by atoms with Gasteiger partial charge in [0.1, 0.15) is 0 Å². The van der Waals surface area contributed by atoms with E-state index in [0.29, 0.717) is 12.3 Å². The Bertz CT molecular complexity index is 128. The molecule has 78 valence electrons. The van der Waals surface area contributed by atoms with Crippen LogP contribution in [-0.4, -0.2) is 18.3 Å². The van der Waals surface area contributed by atoms with E-state index in [2.05, 4.69) is 12.2 Å². The zero-order valence-corrected chi connectivity index (χ0v) is 9.20. The van der Waals surface area contributed by atoms with Gasteiger partial charge in [0.15, 0.2) is 0 Å². The maximum absolute atomic E-state index is 11.1. The topological polar surface area (TPSA) is 29.1 Å². The monoisotopic (exact) mass is 205 g/mol. The molecule has 1 amide bonds. The van der Waals surface area contributed by atoms with Crippen LogP contribution >= 0.6 is 11.6 Å². The molecule has 2 nitrogen and oxygen atoms in total. The number of rotatable bonds is 8. The lowest BCUT2D eigenvalue weighted by Crippen LogP contribution is -2.24. The van der Waals surface area contributed by atoms with Gasteiger partial charge in [-0.1, -0.05) is 26.2 Å². The molecule has 0 aromatic carbocycles. The largest absolute Gasteiger partial charge is 0.356 e. The van der Waals surface area contributed by atoms with Crippen LogP contribution in [0.1, 0.15) is 45.4 Å². The number of unbranched alkanes of at least 4 members (excludes halogenated alkanes) is 3. The quantitative estimate of drug-likeness (QED) is 0.479. The molecule has 0 radical (unpaired) electrons. The van der Waals surface area contributed by atoms with Crippen molar-refractivity contribution in [1.82, 2.24) is 5.32 Å². The second-order valence-corrected chi connectivity index (χ2v) is 3.58. The number of hydrogen-bond donors (Lipinski definition) is 1. The minimum atomic E-state index is 0.136. The highest BCUT2D eigenvalue weighted by molar-refractivity contribution is 6.17. The smallest absolute Gasteiger partial charge is 0.220 e. The number of hydrogen-bond acceptors (Lipinski definition) is 1. The Morgan fingerprint density at radius 2 is 2.00 bits per heavy atom. The van der Waals surface area contributed by atoms with E-state index < -0.39 is 0 Å². The fraction of sp³-hybridized carbons (Fsp3) is 0.900. The van der Waals surface area contributed by atoms with E-state index in [4.69, 9.17) is 11.6 Å². The van der Waals surface area contributed by atoms with Crippen LogP contribution in [0.4, 0.5) is 0 Å². The molecular weight excluding hydrogens is 186 g/mol. The highest BCUT2D eigenvalue weighted by atomic mass is 35.5. The Hall–Kier alpha value is -0.240. The molecule has 0 aliphatic rings. The maximum Gasteiger partial charge on any atom is 0.220 e. The van der Waals surface area contributed by atoms with Crippen LogP contribution in [0.5, 0.6) is 0 Å². The van der Waals surface area contributed by atoms with Crippen LogP contribution in [-0.2, 0) is 4.79 Å². The lowest BCUT2D eigenvalue weighted by atomic mass is 10.2. The molecular formula is C10H20ClNO. The summed E-state index contributed by atoms with van der Waals surface area (Å²) < 4.78 is 0. The van der Waals surface area contributed by atoms with Crippen LogP contribution < -0.4 is 5.32 Å². The molecule has 3 heteroatoms. The highest BCUT2D eigenvalue weighted by Gasteiger charge is 1.98. The van der Waals surface area contributed by atoms with Gasteiger partial charge in [-0.25, -0.2) is 0 Å². The zero-order valence-electron chi connectivity index (χ0n) is 8.44. The third kappa shape index (κ3) is 9.68. The van der Waals surface area contributed by atoms with Crippen molar-refractivity contribution < 1.29 is 4.79 Å². The fourth-order valence-corrected chi connectivity index (χ4v) is 1.23. The van der Waals surface area contributed by atoms with Crippen molar-refractivity contribution >= 4 is 17.5 Å². The predicted molar refractivity (Wildman–Crippen MR) is 57.1 cm³/mol. The third-order valence-electron chi connectivity index (χ3n) is 1.89. The molecule has 13 heavy (non-hydrogen) atoms. The number of carbonyl (C=O) groups excluding carboxylic acids is 1. The van der Waals surface area contributed by atoms with E-state index in [-0.39, 0.29) is 5.91 Å². The molecule has 0 bridgehead atoms. The van der Waals surface area contributed by atoms with Crippen molar-refractivity contribution in [2.75, 3.05) is 12.4 Å². The van der Waals surface area contributed by atoms with E-state index in [9.17, 15) is 4.79 Å². The molecule has 0 fully saturated rings. The summed E-state index contributed by atoms with van der Waals surface area (Å²) in [5, 5.41) is 2.88. The molecule has 0 aromatic rings. The van der Waals surface area contributed by atoms with E-state index in [1.165, 1.54) is 19.3 Å². The van der Waals surface area contributed by atoms with E-state index in [0.717, 1.165) is 19.4 Å². The van der Waals surface area contributed by atoms with Gasteiger partial charge in [-0.2, -0.15) is 0 Å². The predicted octanol–water partition coefficient (Wildman–Crippen LogP) is 2.70. The van der Waals surface area contributed by atoms with E-state index in [1.54, 1.807) is 0 Å². The first-order chi connectivity index (χ1) is 6.31. The maximum atomic E-state index is 11.1. The highest BCUT2D eigenvalue weighted by Crippen LogP contribution is 1.97. The molecule has 0 spiro atoms. The summed E-state index contributed by atoms with van der Waals surface area (Å²) in [4.78, 5) is 11.1. The second-order valence-electron chi connectivity index (χ2n) is 3.20. The van der Waals surface area contributed by atoms with Crippen molar-refractivity contribution in [3.8, 4) is 0 Å². The van der Waals surface area contributed by atoms with Crippen molar-refractivity contribution in [3.63, 3.8) is 0 Å².